The first kappa shape index (κ1) is 19.3. The summed E-state index contributed by atoms with van der Waals surface area (Å²) in [7, 11) is 2.88. The number of rotatable bonds is 4. The number of aryl methyl sites for hydroxylation is 1. The Morgan fingerprint density at radius 1 is 1.00 bits per heavy atom. The third-order valence-corrected chi connectivity index (χ3v) is 4.93. The van der Waals surface area contributed by atoms with Crippen LogP contribution in [0.3, 0.4) is 0 Å². The number of nitrogens with zero attached hydrogens (tertiary/aromatic N) is 4. The molecule has 2 aromatic carbocycles. The SMILES string of the molecule is Cn1c(=O)c2c(ncn2[C@@H](C(=O)Nc2ccc(F)cc2)c2ccccc2)n(C)c1=O. The summed E-state index contributed by atoms with van der Waals surface area (Å²) in [5.74, 6) is -0.861. The van der Waals surface area contributed by atoms with Crippen LogP contribution in [0.15, 0.2) is 70.5 Å². The van der Waals surface area contributed by atoms with Crippen molar-refractivity contribution in [3.63, 3.8) is 0 Å². The molecular weight excluding hydrogens is 389 g/mol. The van der Waals surface area contributed by atoms with Crippen LogP contribution >= 0.6 is 0 Å². The van der Waals surface area contributed by atoms with Crippen LogP contribution < -0.4 is 16.6 Å². The fourth-order valence-electron chi connectivity index (χ4n) is 3.38. The predicted octanol–water partition coefficient (Wildman–Crippen LogP) is 1.80. The van der Waals surface area contributed by atoms with Gasteiger partial charge in [-0.05, 0) is 29.8 Å². The zero-order valence-corrected chi connectivity index (χ0v) is 16.2. The topological polar surface area (TPSA) is 90.9 Å². The van der Waals surface area contributed by atoms with Crippen LogP contribution in [0.4, 0.5) is 10.1 Å². The van der Waals surface area contributed by atoms with Crippen LogP contribution in [-0.2, 0) is 18.9 Å². The molecule has 0 spiro atoms. The first-order chi connectivity index (χ1) is 14.4. The van der Waals surface area contributed by atoms with Crippen molar-refractivity contribution in [3.05, 3.63) is 93.1 Å². The van der Waals surface area contributed by atoms with Gasteiger partial charge in [-0.1, -0.05) is 30.3 Å². The Morgan fingerprint density at radius 2 is 1.67 bits per heavy atom. The van der Waals surface area contributed by atoms with Crippen LogP contribution in [0, 0.1) is 5.82 Å². The molecule has 0 fully saturated rings. The van der Waals surface area contributed by atoms with Crippen molar-refractivity contribution in [1.82, 2.24) is 18.7 Å². The average Bonchev–Trinajstić information content (AvgIpc) is 3.18. The van der Waals surface area contributed by atoms with Crippen LogP contribution in [-0.4, -0.2) is 24.6 Å². The molecule has 0 bridgehead atoms. The molecule has 1 atom stereocenters. The average molecular weight is 407 g/mol. The number of halogens is 1. The summed E-state index contributed by atoms with van der Waals surface area (Å²) in [6.07, 6.45) is 1.37. The van der Waals surface area contributed by atoms with Gasteiger partial charge in [0.05, 0.1) is 6.33 Å². The van der Waals surface area contributed by atoms with Crippen molar-refractivity contribution in [1.29, 1.82) is 0 Å². The Labute approximate surface area is 169 Å². The number of benzene rings is 2. The highest BCUT2D eigenvalue weighted by atomic mass is 19.1. The van der Waals surface area contributed by atoms with Crippen molar-refractivity contribution < 1.29 is 9.18 Å². The quantitative estimate of drug-likeness (QED) is 0.559. The van der Waals surface area contributed by atoms with Crippen LogP contribution in [0.1, 0.15) is 11.6 Å². The summed E-state index contributed by atoms with van der Waals surface area (Å²) < 4.78 is 16.9. The van der Waals surface area contributed by atoms with Crippen molar-refractivity contribution in [3.8, 4) is 0 Å². The number of hydrogen-bond acceptors (Lipinski definition) is 4. The van der Waals surface area contributed by atoms with E-state index in [1.165, 1.54) is 53.8 Å². The molecule has 152 valence electrons. The lowest BCUT2D eigenvalue weighted by molar-refractivity contribution is -0.118. The second-order valence-electron chi connectivity index (χ2n) is 6.84. The largest absolute Gasteiger partial charge is 0.332 e. The standard InChI is InChI=1S/C21H18FN5O3/c1-25-18-17(20(29)26(2)21(25)30)27(12-23-18)16(13-6-4-3-5-7-13)19(28)24-15-10-8-14(22)9-11-15/h3-12,16H,1-2H3,(H,24,28)/t16-/m1/s1. The van der Waals surface area contributed by atoms with Crippen molar-refractivity contribution in [2.45, 2.75) is 6.04 Å². The van der Waals surface area contributed by atoms with Crippen LogP contribution in [0.25, 0.3) is 11.2 Å². The molecule has 0 saturated carbocycles. The van der Waals surface area contributed by atoms with E-state index >= 15 is 0 Å². The summed E-state index contributed by atoms with van der Waals surface area (Å²) in [6, 6.07) is 13.3. The van der Waals surface area contributed by atoms with Gasteiger partial charge in [-0.15, -0.1) is 0 Å². The minimum atomic E-state index is -0.938. The van der Waals surface area contributed by atoms with E-state index in [1.807, 2.05) is 6.07 Å². The van der Waals surface area contributed by atoms with Gasteiger partial charge in [0.2, 0.25) is 0 Å². The lowest BCUT2D eigenvalue weighted by Crippen LogP contribution is -2.38. The Hall–Kier alpha value is -4.01. The van der Waals surface area contributed by atoms with Gasteiger partial charge in [0.25, 0.3) is 11.5 Å². The minimum Gasteiger partial charge on any atom is -0.324 e. The van der Waals surface area contributed by atoms with Crippen molar-refractivity contribution in [2.24, 2.45) is 14.1 Å². The fraction of sp³-hybridized carbons (Fsp3) is 0.143. The Kier molecular flexibility index (Phi) is 4.78. The number of imidazole rings is 1. The van der Waals surface area contributed by atoms with Gasteiger partial charge in [0.1, 0.15) is 11.9 Å². The lowest BCUT2D eigenvalue weighted by atomic mass is 10.1. The molecule has 0 aliphatic heterocycles. The zero-order valence-electron chi connectivity index (χ0n) is 16.2. The van der Waals surface area contributed by atoms with Crippen LogP contribution in [0.5, 0.6) is 0 Å². The number of carbonyl (C=O) groups is 1. The summed E-state index contributed by atoms with van der Waals surface area (Å²) in [4.78, 5) is 42.5. The second kappa shape index (κ2) is 7.43. The molecule has 30 heavy (non-hydrogen) atoms. The zero-order chi connectivity index (χ0) is 21.4. The number of anilines is 1. The molecule has 4 rings (SSSR count). The summed E-state index contributed by atoms with van der Waals surface area (Å²) in [5.41, 5.74) is 0.270. The van der Waals surface area contributed by atoms with Gasteiger partial charge in [0, 0.05) is 19.8 Å². The Balaban J connectivity index is 1.89. The molecule has 9 heteroatoms. The maximum atomic E-state index is 13.3. The van der Waals surface area contributed by atoms with E-state index in [4.69, 9.17) is 0 Å². The van der Waals surface area contributed by atoms with E-state index in [9.17, 15) is 18.8 Å². The molecule has 0 saturated heterocycles. The molecule has 4 aromatic rings. The molecule has 2 heterocycles. The molecule has 0 radical (unpaired) electrons. The third-order valence-electron chi connectivity index (χ3n) is 4.93. The number of hydrogen-bond donors (Lipinski definition) is 1. The highest BCUT2D eigenvalue weighted by molar-refractivity contribution is 5.96. The Bertz CT molecular complexity index is 1350. The number of amides is 1. The number of nitrogens with one attached hydrogen (secondary N) is 1. The van der Waals surface area contributed by atoms with E-state index in [0.29, 0.717) is 11.3 Å². The maximum absolute atomic E-state index is 13.3. The maximum Gasteiger partial charge on any atom is 0.332 e. The van der Waals surface area contributed by atoms with Gasteiger partial charge in [-0.3, -0.25) is 18.7 Å². The Morgan fingerprint density at radius 3 is 2.33 bits per heavy atom. The summed E-state index contributed by atoms with van der Waals surface area (Å²) in [6.45, 7) is 0. The number of aromatic nitrogens is 4. The van der Waals surface area contributed by atoms with E-state index in [2.05, 4.69) is 10.3 Å². The highest BCUT2D eigenvalue weighted by Gasteiger charge is 2.27. The van der Waals surface area contributed by atoms with E-state index < -0.39 is 29.0 Å². The van der Waals surface area contributed by atoms with E-state index in [0.717, 1.165) is 4.57 Å². The summed E-state index contributed by atoms with van der Waals surface area (Å²) in [5, 5.41) is 2.75. The van der Waals surface area contributed by atoms with Gasteiger partial charge in [-0.2, -0.15) is 0 Å². The predicted molar refractivity (Wildman–Crippen MR) is 110 cm³/mol. The molecule has 1 amide bonds. The highest BCUT2D eigenvalue weighted by Crippen LogP contribution is 2.24. The van der Waals surface area contributed by atoms with Crippen LogP contribution in [0.2, 0.25) is 0 Å². The lowest BCUT2D eigenvalue weighted by Gasteiger charge is -2.19. The number of fused-ring (bicyclic) bond motifs is 1. The molecule has 0 unspecified atom stereocenters. The normalized spacial score (nSPS) is 12.1. The molecule has 2 aromatic heterocycles. The fourth-order valence-corrected chi connectivity index (χ4v) is 3.38. The first-order valence-corrected chi connectivity index (χ1v) is 9.12. The van der Waals surface area contributed by atoms with Gasteiger partial charge in [0.15, 0.2) is 11.2 Å². The third kappa shape index (κ3) is 3.20. The summed E-state index contributed by atoms with van der Waals surface area (Å²) >= 11 is 0. The second-order valence-corrected chi connectivity index (χ2v) is 6.84. The monoisotopic (exact) mass is 407 g/mol. The molecular formula is C21H18FN5O3. The van der Waals surface area contributed by atoms with Gasteiger partial charge < -0.3 is 9.88 Å². The van der Waals surface area contributed by atoms with E-state index in [1.54, 1.807) is 24.3 Å². The first-order valence-electron chi connectivity index (χ1n) is 9.12. The number of carbonyl (C=O) groups excluding carboxylic acids is 1. The molecule has 0 aliphatic rings. The molecule has 1 N–H and O–H groups in total. The molecule has 8 nitrogen and oxygen atoms in total. The van der Waals surface area contributed by atoms with Crippen molar-refractivity contribution in [2.75, 3.05) is 5.32 Å². The smallest absolute Gasteiger partial charge is 0.324 e. The van der Waals surface area contributed by atoms with Gasteiger partial charge >= 0.3 is 5.69 Å². The van der Waals surface area contributed by atoms with Crippen molar-refractivity contribution >= 4 is 22.8 Å². The molecule has 0 aliphatic carbocycles. The van der Waals surface area contributed by atoms with Gasteiger partial charge in [-0.25, -0.2) is 14.2 Å². The minimum absolute atomic E-state index is 0.128. The van der Waals surface area contributed by atoms with E-state index in [-0.39, 0.29) is 11.2 Å².